The van der Waals surface area contributed by atoms with E-state index in [2.05, 4.69) is 11.4 Å². The van der Waals surface area contributed by atoms with E-state index in [1.54, 1.807) is 27.7 Å². The number of hydrogen-bond acceptors (Lipinski definition) is 3. The number of carbonyl (C=O) groups excluding carboxylic acids is 2. The molecule has 0 aliphatic carbocycles. The van der Waals surface area contributed by atoms with Crippen molar-refractivity contribution < 1.29 is 9.59 Å². The van der Waals surface area contributed by atoms with E-state index in [1.807, 2.05) is 0 Å². The molecule has 0 unspecified atom stereocenters. The second kappa shape index (κ2) is 5.67. The smallest absolute Gasteiger partial charge is 0.240 e. The maximum Gasteiger partial charge on any atom is 0.240 e. The second-order valence-corrected chi connectivity index (χ2v) is 4.88. The summed E-state index contributed by atoms with van der Waals surface area (Å²) in [5.41, 5.74) is 3.36. The van der Waals surface area contributed by atoms with Crippen LogP contribution in [-0.2, 0) is 9.59 Å². The SMILES string of the molecule is CCC(C#N)(CC)C(=O)NC(C)(C)CC(N)=O. The van der Waals surface area contributed by atoms with Gasteiger partial charge >= 0.3 is 0 Å². The number of primary amides is 1. The Kier molecular flexibility index (Phi) is 5.14. The molecule has 17 heavy (non-hydrogen) atoms. The average molecular weight is 239 g/mol. The Morgan fingerprint density at radius 2 is 1.76 bits per heavy atom. The van der Waals surface area contributed by atoms with Crippen LogP contribution in [0.2, 0.25) is 0 Å². The van der Waals surface area contributed by atoms with Crippen LogP contribution in [0.3, 0.4) is 0 Å². The molecule has 2 amide bonds. The Balaban J connectivity index is 4.85. The summed E-state index contributed by atoms with van der Waals surface area (Å²) >= 11 is 0. The summed E-state index contributed by atoms with van der Waals surface area (Å²) in [4.78, 5) is 22.9. The van der Waals surface area contributed by atoms with Crippen LogP contribution in [0.5, 0.6) is 0 Å². The first-order valence-electron chi connectivity index (χ1n) is 5.75. The highest BCUT2D eigenvalue weighted by atomic mass is 16.2. The Morgan fingerprint density at radius 1 is 1.29 bits per heavy atom. The van der Waals surface area contributed by atoms with E-state index in [4.69, 9.17) is 11.0 Å². The van der Waals surface area contributed by atoms with Gasteiger partial charge in [-0.1, -0.05) is 13.8 Å². The van der Waals surface area contributed by atoms with Crippen molar-refractivity contribution in [3.8, 4) is 6.07 Å². The molecule has 0 aromatic carbocycles. The highest BCUT2D eigenvalue weighted by Gasteiger charge is 2.38. The summed E-state index contributed by atoms with van der Waals surface area (Å²) in [7, 11) is 0. The van der Waals surface area contributed by atoms with Gasteiger partial charge in [0.1, 0.15) is 5.41 Å². The molecule has 0 aliphatic heterocycles. The lowest BCUT2D eigenvalue weighted by molar-refractivity contribution is -0.130. The number of nitriles is 1. The average Bonchev–Trinajstić information content (AvgIpc) is 2.18. The Morgan fingerprint density at radius 3 is 2.06 bits per heavy atom. The van der Waals surface area contributed by atoms with Crippen LogP contribution in [0.25, 0.3) is 0 Å². The van der Waals surface area contributed by atoms with Crippen LogP contribution < -0.4 is 11.1 Å². The van der Waals surface area contributed by atoms with Crippen molar-refractivity contribution >= 4 is 11.8 Å². The van der Waals surface area contributed by atoms with E-state index in [0.717, 1.165) is 0 Å². The van der Waals surface area contributed by atoms with Gasteiger partial charge in [0, 0.05) is 12.0 Å². The number of nitrogens with zero attached hydrogens (tertiary/aromatic N) is 1. The predicted molar refractivity (Wildman–Crippen MR) is 64.7 cm³/mol. The van der Waals surface area contributed by atoms with Crippen molar-refractivity contribution in [2.45, 2.75) is 52.5 Å². The predicted octanol–water partition coefficient (Wildman–Crippen LogP) is 1.09. The van der Waals surface area contributed by atoms with Gasteiger partial charge in [-0.25, -0.2) is 0 Å². The number of carbonyl (C=O) groups is 2. The normalized spacial score (nSPS) is 11.7. The van der Waals surface area contributed by atoms with E-state index in [-0.39, 0.29) is 12.3 Å². The number of nitrogens with one attached hydrogen (secondary N) is 1. The first-order chi connectivity index (χ1) is 7.73. The largest absolute Gasteiger partial charge is 0.370 e. The van der Waals surface area contributed by atoms with Crippen molar-refractivity contribution in [3.63, 3.8) is 0 Å². The molecule has 0 aromatic heterocycles. The van der Waals surface area contributed by atoms with Crippen molar-refractivity contribution in [1.29, 1.82) is 5.26 Å². The van der Waals surface area contributed by atoms with Crippen LogP contribution in [0, 0.1) is 16.7 Å². The van der Waals surface area contributed by atoms with Crippen LogP contribution in [0.4, 0.5) is 0 Å². The quantitative estimate of drug-likeness (QED) is 0.726. The minimum Gasteiger partial charge on any atom is -0.370 e. The number of nitrogens with two attached hydrogens (primary N) is 1. The van der Waals surface area contributed by atoms with Gasteiger partial charge in [-0.05, 0) is 26.7 Å². The lowest BCUT2D eigenvalue weighted by atomic mass is 9.82. The third-order valence-corrected chi connectivity index (χ3v) is 2.92. The summed E-state index contributed by atoms with van der Waals surface area (Å²) in [6.07, 6.45) is 0.935. The molecule has 0 saturated carbocycles. The van der Waals surface area contributed by atoms with E-state index in [9.17, 15) is 9.59 Å². The van der Waals surface area contributed by atoms with Gasteiger partial charge in [0.2, 0.25) is 11.8 Å². The van der Waals surface area contributed by atoms with Crippen molar-refractivity contribution in [2.24, 2.45) is 11.1 Å². The van der Waals surface area contributed by atoms with Crippen LogP contribution in [0.1, 0.15) is 47.0 Å². The molecule has 0 aromatic rings. The van der Waals surface area contributed by atoms with E-state index < -0.39 is 16.9 Å². The van der Waals surface area contributed by atoms with Crippen molar-refractivity contribution in [2.75, 3.05) is 0 Å². The minimum atomic E-state index is -1.02. The molecule has 0 heterocycles. The van der Waals surface area contributed by atoms with Gasteiger partial charge < -0.3 is 11.1 Å². The van der Waals surface area contributed by atoms with Gasteiger partial charge in [0.05, 0.1) is 6.07 Å². The highest BCUT2D eigenvalue weighted by Crippen LogP contribution is 2.26. The molecule has 5 heteroatoms. The fourth-order valence-electron chi connectivity index (χ4n) is 1.69. The molecule has 3 N–H and O–H groups in total. The monoisotopic (exact) mass is 239 g/mol. The lowest BCUT2D eigenvalue weighted by Crippen LogP contribution is -2.51. The first-order valence-corrected chi connectivity index (χ1v) is 5.75. The van der Waals surface area contributed by atoms with E-state index in [1.165, 1.54) is 0 Å². The number of rotatable bonds is 6. The summed E-state index contributed by atoms with van der Waals surface area (Å²) in [5, 5.41) is 11.8. The van der Waals surface area contributed by atoms with Crippen LogP contribution in [0.15, 0.2) is 0 Å². The Hall–Kier alpha value is -1.57. The summed E-state index contributed by atoms with van der Waals surface area (Å²) in [6, 6.07) is 2.06. The lowest BCUT2D eigenvalue weighted by Gasteiger charge is -2.30. The Labute approximate surface area is 102 Å². The summed E-state index contributed by atoms with van der Waals surface area (Å²) in [5.74, 6) is -0.817. The van der Waals surface area contributed by atoms with Crippen molar-refractivity contribution in [1.82, 2.24) is 5.32 Å². The van der Waals surface area contributed by atoms with Gasteiger partial charge in [0.25, 0.3) is 0 Å². The maximum absolute atomic E-state index is 12.1. The molecular weight excluding hydrogens is 218 g/mol. The first kappa shape index (κ1) is 15.4. The molecule has 0 atom stereocenters. The molecule has 0 saturated heterocycles. The molecule has 96 valence electrons. The zero-order chi connectivity index (χ0) is 13.7. The number of hydrogen-bond donors (Lipinski definition) is 2. The van der Waals surface area contributed by atoms with Gasteiger partial charge in [-0.2, -0.15) is 5.26 Å². The standard InChI is InChI=1S/C12H21N3O2/c1-5-12(6-2,8-13)10(17)15-11(3,4)7-9(14)16/h5-7H2,1-4H3,(H2,14,16)(H,15,17). The molecular formula is C12H21N3O2. The summed E-state index contributed by atoms with van der Waals surface area (Å²) < 4.78 is 0. The fraction of sp³-hybridized carbons (Fsp3) is 0.750. The van der Waals surface area contributed by atoms with Gasteiger partial charge in [-0.15, -0.1) is 0 Å². The van der Waals surface area contributed by atoms with Crippen LogP contribution in [-0.4, -0.2) is 17.4 Å². The third kappa shape index (κ3) is 4.06. The summed E-state index contributed by atoms with van der Waals surface area (Å²) in [6.45, 7) is 7.02. The molecule has 0 radical (unpaired) electrons. The highest BCUT2D eigenvalue weighted by molar-refractivity contribution is 5.86. The zero-order valence-electron chi connectivity index (χ0n) is 11.0. The molecule has 5 nitrogen and oxygen atoms in total. The Bertz CT molecular complexity index is 338. The maximum atomic E-state index is 12.1. The van der Waals surface area contributed by atoms with E-state index >= 15 is 0 Å². The second-order valence-electron chi connectivity index (χ2n) is 4.88. The van der Waals surface area contributed by atoms with Crippen molar-refractivity contribution in [3.05, 3.63) is 0 Å². The third-order valence-electron chi connectivity index (χ3n) is 2.92. The molecule has 0 rings (SSSR count). The molecule has 0 bridgehead atoms. The zero-order valence-corrected chi connectivity index (χ0v) is 11.0. The topological polar surface area (TPSA) is 96.0 Å². The van der Waals surface area contributed by atoms with Crippen LogP contribution >= 0.6 is 0 Å². The molecule has 0 aliphatic rings. The van der Waals surface area contributed by atoms with Gasteiger partial charge in [-0.3, -0.25) is 9.59 Å². The van der Waals surface area contributed by atoms with E-state index in [0.29, 0.717) is 12.8 Å². The minimum absolute atomic E-state index is 0.0493. The molecule has 0 spiro atoms. The molecule has 0 fully saturated rings. The number of amides is 2. The fourth-order valence-corrected chi connectivity index (χ4v) is 1.69. The van der Waals surface area contributed by atoms with Gasteiger partial charge in [0.15, 0.2) is 0 Å².